The largest absolute Gasteiger partial charge is 0.338 e. The number of hydrogen-bond acceptors (Lipinski definition) is 3. The van der Waals surface area contributed by atoms with Gasteiger partial charge in [-0.1, -0.05) is 18.9 Å². The molecule has 0 bridgehead atoms. The fourth-order valence-electron chi connectivity index (χ4n) is 4.66. The Balaban J connectivity index is 1.32. The summed E-state index contributed by atoms with van der Waals surface area (Å²) >= 11 is 0. The zero-order valence-corrected chi connectivity index (χ0v) is 15.0. The maximum Gasteiger partial charge on any atom is 0.254 e. The van der Waals surface area contributed by atoms with Gasteiger partial charge in [-0.25, -0.2) is 4.39 Å². The van der Waals surface area contributed by atoms with E-state index in [9.17, 15) is 14.0 Å². The van der Waals surface area contributed by atoms with Gasteiger partial charge in [0.1, 0.15) is 5.82 Å². The molecule has 1 N–H and O–H groups in total. The molecule has 0 aromatic heterocycles. The lowest BCUT2D eigenvalue weighted by molar-refractivity contribution is -0.134. The summed E-state index contributed by atoms with van der Waals surface area (Å²) in [6.07, 6.45) is 5.91. The summed E-state index contributed by atoms with van der Waals surface area (Å²) in [5.41, 5.74) is 0.367. The average Bonchev–Trinajstić information content (AvgIpc) is 3.11. The van der Waals surface area contributed by atoms with E-state index in [4.69, 9.17) is 0 Å². The number of benzene rings is 1. The molecule has 5 nitrogen and oxygen atoms in total. The smallest absolute Gasteiger partial charge is 0.254 e. The standard InChI is InChI=1S/C20H26FN3O2/c21-16-6-3-5-15(12-16)19(25)23-8-10-24(11-9-23)20(26)18-13-14-4-1-2-7-17(14)22-18/h3,5-6,12,14,17-18,22H,1-2,4,7-11,13H2. The second-order valence-corrected chi connectivity index (χ2v) is 7.73. The van der Waals surface area contributed by atoms with Crippen LogP contribution in [-0.4, -0.2) is 59.9 Å². The zero-order chi connectivity index (χ0) is 18.1. The molecular formula is C20H26FN3O2. The summed E-state index contributed by atoms with van der Waals surface area (Å²) in [6.45, 7) is 2.10. The van der Waals surface area contributed by atoms with Crippen LogP contribution in [0.3, 0.4) is 0 Å². The van der Waals surface area contributed by atoms with Gasteiger partial charge in [0.25, 0.3) is 5.91 Å². The first-order valence-electron chi connectivity index (χ1n) is 9.71. The first-order valence-corrected chi connectivity index (χ1v) is 9.71. The van der Waals surface area contributed by atoms with Crippen molar-refractivity contribution in [2.45, 2.75) is 44.2 Å². The third-order valence-electron chi connectivity index (χ3n) is 6.11. The van der Waals surface area contributed by atoms with E-state index >= 15 is 0 Å². The third-order valence-corrected chi connectivity index (χ3v) is 6.11. The molecule has 0 radical (unpaired) electrons. The third kappa shape index (κ3) is 3.47. The Hall–Kier alpha value is -1.95. The van der Waals surface area contributed by atoms with Gasteiger partial charge in [-0.05, 0) is 43.4 Å². The Morgan fingerprint density at radius 3 is 2.50 bits per heavy atom. The second-order valence-electron chi connectivity index (χ2n) is 7.73. The van der Waals surface area contributed by atoms with Crippen LogP contribution in [0.1, 0.15) is 42.5 Å². The van der Waals surface area contributed by atoms with Gasteiger partial charge in [0.2, 0.25) is 5.91 Å². The molecule has 26 heavy (non-hydrogen) atoms. The van der Waals surface area contributed by atoms with Gasteiger partial charge in [0.05, 0.1) is 6.04 Å². The normalized spacial score (nSPS) is 28.7. The minimum atomic E-state index is -0.404. The molecule has 3 unspecified atom stereocenters. The molecule has 2 amide bonds. The number of fused-ring (bicyclic) bond motifs is 1. The maximum atomic E-state index is 13.3. The molecule has 2 heterocycles. The predicted molar refractivity (Wildman–Crippen MR) is 96.2 cm³/mol. The van der Waals surface area contributed by atoms with Crippen molar-refractivity contribution in [3.8, 4) is 0 Å². The minimum Gasteiger partial charge on any atom is -0.338 e. The number of carbonyl (C=O) groups is 2. The SMILES string of the molecule is O=C(c1cccc(F)c1)N1CCN(C(=O)C2CC3CCCCC3N2)CC1. The molecular weight excluding hydrogens is 333 g/mol. The summed E-state index contributed by atoms with van der Waals surface area (Å²) in [4.78, 5) is 28.9. The van der Waals surface area contributed by atoms with Crippen molar-refractivity contribution in [2.75, 3.05) is 26.2 Å². The van der Waals surface area contributed by atoms with Gasteiger partial charge in [-0.15, -0.1) is 0 Å². The number of carbonyl (C=O) groups excluding carboxylic acids is 2. The highest BCUT2D eigenvalue weighted by atomic mass is 19.1. The number of amides is 2. The first-order chi connectivity index (χ1) is 12.6. The molecule has 1 saturated carbocycles. The summed E-state index contributed by atoms with van der Waals surface area (Å²) in [6, 6.07) is 6.23. The van der Waals surface area contributed by atoms with Gasteiger partial charge >= 0.3 is 0 Å². The number of hydrogen-bond donors (Lipinski definition) is 1. The van der Waals surface area contributed by atoms with Crippen LogP contribution in [0.15, 0.2) is 24.3 Å². The topological polar surface area (TPSA) is 52.7 Å². The van der Waals surface area contributed by atoms with Crippen molar-refractivity contribution in [1.82, 2.24) is 15.1 Å². The molecule has 1 aromatic rings. The van der Waals surface area contributed by atoms with Crippen LogP contribution in [-0.2, 0) is 4.79 Å². The Morgan fingerprint density at radius 1 is 1.04 bits per heavy atom. The van der Waals surface area contributed by atoms with E-state index in [1.807, 2.05) is 4.90 Å². The van der Waals surface area contributed by atoms with E-state index in [1.165, 1.54) is 37.8 Å². The number of nitrogens with one attached hydrogen (secondary N) is 1. The Labute approximate surface area is 153 Å². The summed E-state index contributed by atoms with van der Waals surface area (Å²) in [5.74, 6) is 0.255. The van der Waals surface area contributed by atoms with E-state index in [-0.39, 0.29) is 17.9 Å². The van der Waals surface area contributed by atoms with Crippen LogP contribution in [0.25, 0.3) is 0 Å². The number of nitrogens with zero attached hydrogens (tertiary/aromatic N) is 2. The first kappa shape index (κ1) is 17.5. The van der Waals surface area contributed by atoms with Gasteiger partial charge in [-0.2, -0.15) is 0 Å². The van der Waals surface area contributed by atoms with E-state index in [0.717, 1.165) is 6.42 Å². The lowest BCUT2D eigenvalue weighted by atomic mass is 9.85. The Morgan fingerprint density at radius 2 is 1.77 bits per heavy atom. The van der Waals surface area contributed by atoms with Crippen molar-refractivity contribution < 1.29 is 14.0 Å². The van der Waals surface area contributed by atoms with Crippen LogP contribution < -0.4 is 5.32 Å². The van der Waals surface area contributed by atoms with Crippen LogP contribution >= 0.6 is 0 Å². The van der Waals surface area contributed by atoms with Gasteiger partial charge < -0.3 is 15.1 Å². The lowest BCUT2D eigenvalue weighted by Gasteiger charge is -2.36. The van der Waals surface area contributed by atoms with Crippen molar-refractivity contribution in [2.24, 2.45) is 5.92 Å². The lowest BCUT2D eigenvalue weighted by Crippen LogP contribution is -2.54. The van der Waals surface area contributed by atoms with E-state index in [1.54, 1.807) is 17.0 Å². The van der Waals surface area contributed by atoms with Crippen molar-refractivity contribution in [1.29, 1.82) is 0 Å². The zero-order valence-electron chi connectivity index (χ0n) is 15.0. The average molecular weight is 359 g/mol. The Bertz CT molecular complexity index is 673. The van der Waals surface area contributed by atoms with Crippen molar-refractivity contribution in [3.05, 3.63) is 35.6 Å². The van der Waals surface area contributed by atoms with Crippen LogP contribution in [0, 0.1) is 11.7 Å². The molecule has 6 heteroatoms. The molecule has 2 saturated heterocycles. The molecule has 3 aliphatic rings. The molecule has 4 rings (SSSR count). The van der Waals surface area contributed by atoms with E-state index in [0.29, 0.717) is 43.7 Å². The Kier molecular flexibility index (Phi) is 4.94. The highest BCUT2D eigenvalue weighted by molar-refractivity contribution is 5.94. The fraction of sp³-hybridized carbons (Fsp3) is 0.600. The van der Waals surface area contributed by atoms with Gasteiger partial charge in [0.15, 0.2) is 0 Å². The summed E-state index contributed by atoms with van der Waals surface area (Å²) in [5, 5.41) is 3.54. The molecule has 140 valence electrons. The van der Waals surface area contributed by atoms with Gasteiger partial charge in [-0.3, -0.25) is 9.59 Å². The van der Waals surface area contributed by atoms with Crippen molar-refractivity contribution in [3.63, 3.8) is 0 Å². The molecule has 1 aliphatic carbocycles. The number of piperazine rings is 1. The molecule has 0 spiro atoms. The van der Waals surface area contributed by atoms with Crippen LogP contribution in [0.5, 0.6) is 0 Å². The number of rotatable bonds is 2. The van der Waals surface area contributed by atoms with Crippen LogP contribution in [0.4, 0.5) is 4.39 Å². The van der Waals surface area contributed by atoms with E-state index < -0.39 is 5.82 Å². The fourth-order valence-corrected chi connectivity index (χ4v) is 4.66. The van der Waals surface area contributed by atoms with E-state index in [2.05, 4.69) is 5.32 Å². The van der Waals surface area contributed by atoms with Gasteiger partial charge in [0, 0.05) is 37.8 Å². The molecule has 1 aromatic carbocycles. The predicted octanol–water partition coefficient (Wildman–Crippen LogP) is 2.03. The monoisotopic (exact) mass is 359 g/mol. The molecule has 2 aliphatic heterocycles. The maximum absolute atomic E-state index is 13.3. The van der Waals surface area contributed by atoms with Crippen molar-refractivity contribution >= 4 is 11.8 Å². The summed E-state index contributed by atoms with van der Waals surface area (Å²) < 4.78 is 13.3. The van der Waals surface area contributed by atoms with Crippen LogP contribution in [0.2, 0.25) is 0 Å². The quantitative estimate of drug-likeness (QED) is 0.879. The molecule has 3 atom stereocenters. The highest BCUT2D eigenvalue weighted by Gasteiger charge is 2.40. The minimum absolute atomic E-state index is 0.0615. The number of halogens is 1. The highest BCUT2D eigenvalue weighted by Crippen LogP contribution is 2.33. The second kappa shape index (κ2) is 7.35. The summed E-state index contributed by atoms with van der Waals surface area (Å²) in [7, 11) is 0. The molecule has 3 fully saturated rings.